The largest absolute Gasteiger partial charge is 0.497 e. The second kappa shape index (κ2) is 8.92. The maximum Gasteiger partial charge on any atom is 0.255 e. The summed E-state index contributed by atoms with van der Waals surface area (Å²) in [7, 11) is 1.63. The van der Waals surface area contributed by atoms with Crippen LogP contribution >= 0.6 is 0 Å². The fourth-order valence-electron chi connectivity index (χ4n) is 3.53. The Balaban J connectivity index is 1.62. The number of rotatable bonds is 7. The van der Waals surface area contributed by atoms with Gasteiger partial charge in [0.05, 0.1) is 25.3 Å². The summed E-state index contributed by atoms with van der Waals surface area (Å²) in [5.74, 6) is 0.587. The van der Waals surface area contributed by atoms with Gasteiger partial charge in [-0.1, -0.05) is 42.5 Å². The predicted molar refractivity (Wildman–Crippen MR) is 111 cm³/mol. The number of benzene rings is 2. The lowest BCUT2D eigenvalue weighted by molar-refractivity contribution is 0.0858. The van der Waals surface area contributed by atoms with Crippen molar-refractivity contribution in [1.82, 2.24) is 15.1 Å². The first-order valence-corrected chi connectivity index (χ1v) is 9.88. The van der Waals surface area contributed by atoms with Crippen molar-refractivity contribution in [2.24, 2.45) is 0 Å². The highest BCUT2D eigenvalue weighted by atomic mass is 16.5. The molecule has 4 rings (SSSR count). The molecule has 6 heteroatoms. The molecule has 0 bridgehead atoms. The molecule has 1 saturated heterocycles. The van der Waals surface area contributed by atoms with E-state index >= 15 is 0 Å². The van der Waals surface area contributed by atoms with Crippen molar-refractivity contribution in [3.05, 3.63) is 71.9 Å². The molecule has 1 unspecified atom stereocenters. The van der Waals surface area contributed by atoms with Crippen molar-refractivity contribution >= 4 is 5.91 Å². The van der Waals surface area contributed by atoms with Crippen LogP contribution in [0.1, 0.15) is 28.8 Å². The van der Waals surface area contributed by atoms with Crippen molar-refractivity contribution in [3.8, 4) is 17.0 Å². The smallest absolute Gasteiger partial charge is 0.255 e. The zero-order valence-corrected chi connectivity index (χ0v) is 16.5. The van der Waals surface area contributed by atoms with Gasteiger partial charge in [0, 0.05) is 24.9 Å². The molecule has 0 radical (unpaired) electrons. The lowest BCUT2D eigenvalue weighted by Crippen LogP contribution is -2.31. The van der Waals surface area contributed by atoms with Gasteiger partial charge < -0.3 is 14.8 Å². The minimum absolute atomic E-state index is 0.0959. The van der Waals surface area contributed by atoms with E-state index in [9.17, 15) is 4.79 Å². The molecule has 3 aromatic rings. The molecule has 29 heavy (non-hydrogen) atoms. The highest BCUT2D eigenvalue weighted by Crippen LogP contribution is 2.26. The zero-order chi connectivity index (χ0) is 20.1. The van der Waals surface area contributed by atoms with E-state index in [0.29, 0.717) is 24.3 Å². The Kier molecular flexibility index (Phi) is 5.91. The number of nitrogens with one attached hydrogen (secondary N) is 1. The van der Waals surface area contributed by atoms with Crippen LogP contribution in [0, 0.1) is 0 Å². The summed E-state index contributed by atoms with van der Waals surface area (Å²) in [4.78, 5) is 13.0. The van der Waals surface area contributed by atoms with Crippen LogP contribution in [0.4, 0.5) is 0 Å². The summed E-state index contributed by atoms with van der Waals surface area (Å²) in [6.45, 7) is 1.88. The quantitative estimate of drug-likeness (QED) is 0.669. The summed E-state index contributed by atoms with van der Waals surface area (Å²) in [5.41, 5.74) is 3.16. The lowest BCUT2D eigenvalue weighted by atomic mass is 10.1. The number of aromatic nitrogens is 2. The van der Waals surface area contributed by atoms with Crippen LogP contribution in [0.3, 0.4) is 0 Å². The zero-order valence-electron chi connectivity index (χ0n) is 16.5. The minimum Gasteiger partial charge on any atom is -0.497 e. The van der Waals surface area contributed by atoms with E-state index in [0.717, 1.165) is 36.3 Å². The van der Waals surface area contributed by atoms with Crippen LogP contribution in [0.25, 0.3) is 11.3 Å². The summed E-state index contributed by atoms with van der Waals surface area (Å²) in [6.07, 6.45) is 3.94. The molecule has 0 spiro atoms. The molecule has 1 aliphatic heterocycles. The molecule has 0 saturated carbocycles. The molecular formula is C23H25N3O3. The van der Waals surface area contributed by atoms with Gasteiger partial charge in [-0.25, -0.2) is 0 Å². The van der Waals surface area contributed by atoms with Crippen LogP contribution in [0.2, 0.25) is 0 Å². The number of ether oxygens (including phenoxy) is 2. The first-order valence-electron chi connectivity index (χ1n) is 9.88. The summed E-state index contributed by atoms with van der Waals surface area (Å²) in [5, 5.41) is 7.73. The fraction of sp³-hybridized carbons (Fsp3) is 0.304. The molecule has 1 amide bonds. The van der Waals surface area contributed by atoms with Gasteiger partial charge in [0.1, 0.15) is 11.4 Å². The van der Waals surface area contributed by atoms with E-state index in [2.05, 4.69) is 5.32 Å². The Hall–Kier alpha value is -3.12. The molecule has 0 aliphatic carbocycles. The highest BCUT2D eigenvalue weighted by molar-refractivity contribution is 5.99. The van der Waals surface area contributed by atoms with E-state index in [1.54, 1.807) is 7.11 Å². The van der Waals surface area contributed by atoms with E-state index < -0.39 is 0 Å². The van der Waals surface area contributed by atoms with Gasteiger partial charge in [-0.2, -0.15) is 5.10 Å². The number of hydrogen-bond donors (Lipinski definition) is 1. The normalized spacial score (nSPS) is 16.0. The van der Waals surface area contributed by atoms with Gasteiger partial charge in [0.15, 0.2) is 0 Å². The predicted octanol–water partition coefficient (Wildman–Crippen LogP) is 3.52. The van der Waals surface area contributed by atoms with E-state index in [1.807, 2.05) is 65.5 Å². The molecule has 6 nitrogen and oxygen atoms in total. The number of carbonyl (C=O) groups excluding carboxylic acids is 1. The first-order chi connectivity index (χ1) is 14.2. The second-order valence-electron chi connectivity index (χ2n) is 7.15. The number of methoxy groups -OCH3 is 1. The molecule has 150 valence electrons. The van der Waals surface area contributed by atoms with E-state index in [1.165, 1.54) is 0 Å². The van der Waals surface area contributed by atoms with Crippen molar-refractivity contribution < 1.29 is 14.3 Å². The summed E-state index contributed by atoms with van der Waals surface area (Å²) in [6, 6.07) is 17.7. The monoisotopic (exact) mass is 391 g/mol. The van der Waals surface area contributed by atoms with Crippen molar-refractivity contribution in [2.45, 2.75) is 25.5 Å². The van der Waals surface area contributed by atoms with E-state index in [-0.39, 0.29) is 12.0 Å². The van der Waals surface area contributed by atoms with Gasteiger partial charge in [0.25, 0.3) is 5.91 Å². The molecule has 1 fully saturated rings. The third kappa shape index (κ3) is 4.66. The molecule has 1 N–H and O–H groups in total. The average molecular weight is 391 g/mol. The number of carbonyl (C=O) groups is 1. The molecule has 2 heterocycles. The van der Waals surface area contributed by atoms with Crippen LogP contribution in [0.15, 0.2) is 60.8 Å². The Bertz CT molecular complexity index is 963. The molecule has 1 aromatic heterocycles. The van der Waals surface area contributed by atoms with Crippen molar-refractivity contribution in [1.29, 1.82) is 0 Å². The van der Waals surface area contributed by atoms with Gasteiger partial charge >= 0.3 is 0 Å². The van der Waals surface area contributed by atoms with Gasteiger partial charge in [0.2, 0.25) is 0 Å². The SMILES string of the molecule is COc1cccc(-c2nn(Cc3ccccc3)cc2C(=O)NCC2CCCO2)c1. The lowest BCUT2D eigenvalue weighted by Gasteiger charge is -2.10. The third-order valence-corrected chi connectivity index (χ3v) is 5.05. The Labute approximate surface area is 170 Å². The Morgan fingerprint density at radius 2 is 2.10 bits per heavy atom. The first kappa shape index (κ1) is 19.2. The van der Waals surface area contributed by atoms with Gasteiger partial charge in [-0.3, -0.25) is 9.48 Å². The van der Waals surface area contributed by atoms with Crippen molar-refractivity contribution in [3.63, 3.8) is 0 Å². The maximum atomic E-state index is 13.0. The number of amides is 1. The van der Waals surface area contributed by atoms with Crippen LogP contribution < -0.4 is 10.1 Å². The maximum absolute atomic E-state index is 13.0. The third-order valence-electron chi connectivity index (χ3n) is 5.05. The Morgan fingerprint density at radius 1 is 1.24 bits per heavy atom. The molecular weight excluding hydrogens is 366 g/mol. The summed E-state index contributed by atoms with van der Waals surface area (Å²) >= 11 is 0. The standard InChI is InChI=1S/C23H25N3O3/c1-28-19-10-5-9-18(13-19)22-21(23(27)24-14-20-11-6-12-29-20)16-26(25-22)15-17-7-3-2-4-8-17/h2-5,7-10,13,16,20H,6,11-12,14-15H2,1H3,(H,24,27). The van der Waals surface area contributed by atoms with Crippen molar-refractivity contribution in [2.75, 3.05) is 20.3 Å². The highest BCUT2D eigenvalue weighted by Gasteiger charge is 2.21. The number of hydrogen-bond acceptors (Lipinski definition) is 4. The molecule has 1 aliphatic rings. The van der Waals surface area contributed by atoms with Crippen LogP contribution in [-0.2, 0) is 11.3 Å². The van der Waals surface area contributed by atoms with Gasteiger partial charge in [-0.15, -0.1) is 0 Å². The number of nitrogens with zero attached hydrogens (tertiary/aromatic N) is 2. The molecule has 1 atom stereocenters. The van der Waals surface area contributed by atoms with Crippen LogP contribution in [0.5, 0.6) is 5.75 Å². The van der Waals surface area contributed by atoms with Crippen LogP contribution in [-0.4, -0.2) is 42.1 Å². The second-order valence-corrected chi connectivity index (χ2v) is 7.15. The summed E-state index contributed by atoms with van der Waals surface area (Å²) < 4.78 is 12.8. The van der Waals surface area contributed by atoms with E-state index in [4.69, 9.17) is 14.6 Å². The Morgan fingerprint density at radius 3 is 2.86 bits per heavy atom. The van der Waals surface area contributed by atoms with Gasteiger partial charge in [-0.05, 0) is 30.5 Å². The average Bonchev–Trinajstić information content (AvgIpc) is 3.43. The topological polar surface area (TPSA) is 65.4 Å². The minimum atomic E-state index is -0.141. The fourth-order valence-corrected chi connectivity index (χ4v) is 3.53. The molecule has 2 aromatic carbocycles.